The van der Waals surface area contributed by atoms with Crippen LogP contribution < -0.4 is 15.2 Å². The predicted molar refractivity (Wildman–Crippen MR) is 190 cm³/mol. The van der Waals surface area contributed by atoms with Crippen LogP contribution in [0.1, 0.15) is 43.7 Å². The highest BCUT2D eigenvalue weighted by Crippen LogP contribution is 2.45. The normalized spacial score (nSPS) is 20.1. The Kier molecular flexibility index (Phi) is 9.53. The first-order valence-electron chi connectivity index (χ1n) is 16.3. The van der Waals surface area contributed by atoms with Crippen molar-refractivity contribution in [3.8, 4) is 11.5 Å². The van der Waals surface area contributed by atoms with Gasteiger partial charge in [0.25, 0.3) is 0 Å². The lowest BCUT2D eigenvalue weighted by Gasteiger charge is -2.41. The monoisotopic (exact) mass is 683 g/mol. The average molecular weight is 684 g/mol. The van der Waals surface area contributed by atoms with Crippen molar-refractivity contribution in [3.05, 3.63) is 108 Å². The zero-order valence-electron chi connectivity index (χ0n) is 29.0. The third-order valence-corrected chi connectivity index (χ3v) is 14.3. The van der Waals surface area contributed by atoms with Crippen LogP contribution in [0.2, 0.25) is 18.1 Å². The molecule has 1 aliphatic rings. The van der Waals surface area contributed by atoms with E-state index >= 15 is 0 Å². The van der Waals surface area contributed by atoms with Gasteiger partial charge in [0.1, 0.15) is 47.3 Å². The van der Waals surface area contributed by atoms with Crippen LogP contribution in [0, 0.1) is 0 Å². The number of ether oxygens (including phenoxy) is 4. The maximum Gasteiger partial charge on any atom is 0.192 e. The molecule has 0 saturated carbocycles. The van der Waals surface area contributed by atoms with Crippen LogP contribution in [-0.4, -0.2) is 72.1 Å². The Balaban J connectivity index is 1.45. The molecule has 49 heavy (non-hydrogen) atoms. The number of methoxy groups -OCH3 is 2. The SMILES string of the molecule is COc1ccc(C(OCC2OC(n3cnc4c(N)ncnc43)C(O)C2O[Si](C)(C)C(C)(C)C)(c2ccccc2)c2ccc(OC)cc2)cc1. The fourth-order valence-corrected chi connectivity index (χ4v) is 7.41. The van der Waals surface area contributed by atoms with Crippen LogP contribution in [0.15, 0.2) is 91.5 Å². The molecule has 2 aromatic heterocycles. The van der Waals surface area contributed by atoms with E-state index in [1.807, 2.05) is 78.9 Å². The second kappa shape index (κ2) is 13.5. The number of imidazole rings is 1. The van der Waals surface area contributed by atoms with Crippen LogP contribution >= 0.6 is 0 Å². The summed E-state index contributed by atoms with van der Waals surface area (Å²) in [5.41, 5.74) is 8.58. The quantitative estimate of drug-likeness (QED) is 0.125. The van der Waals surface area contributed by atoms with Gasteiger partial charge in [-0.1, -0.05) is 75.4 Å². The average Bonchev–Trinajstić information content (AvgIpc) is 3.66. The highest BCUT2D eigenvalue weighted by Gasteiger charge is 2.52. The van der Waals surface area contributed by atoms with E-state index in [-0.39, 0.29) is 17.5 Å². The highest BCUT2D eigenvalue weighted by molar-refractivity contribution is 6.74. The van der Waals surface area contributed by atoms with Crippen LogP contribution in [0.25, 0.3) is 11.2 Å². The van der Waals surface area contributed by atoms with Crippen molar-refractivity contribution < 1.29 is 28.5 Å². The van der Waals surface area contributed by atoms with Gasteiger partial charge in [-0.25, -0.2) is 15.0 Å². The number of hydrogen-bond acceptors (Lipinski definition) is 10. The molecule has 258 valence electrons. The zero-order chi connectivity index (χ0) is 35.0. The molecule has 0 bridgehead atoms. The van der Waals surface area contributed by atoms with Gasteiger partial charge in [-0.15, -0.1) is 0 Å². The Morgan fingerprint density at radius 1 is 0.837 bits per heavy atom. The Hall–Kier alpha value is -4.33. The van der Waals surface area contributed by atoms with Gasteiger partial charge in [0.15, 0.2) is 26.0 Å². The predicted octanol–water partition coefficient (Wildman–Crippen LogP) is 6.08. The Bertz CT molecular complexity index is 1810. The molecule has 6 rings (SSSR count). The summed E-state index contributed by atoms with van der Waals surface area (Å²) < 4.78 is 33.6. The first-order chi connectivity index (χ1) is 23.4. The van der Waals surface area contributed by atoms with E-state index in [1.54, 1.807) is 25.1 Å². The van der Waals surface area contributed by atoms with Crippen molar-refractivity contribution in [1.29, 1.82) is 0 Å². The number of aliphatic hydroxyl groups excluding tert-OH is 1. The molecular formula is C37H45N5O6Si. The van der Waals surface area contributed by atoms with Crippen molar-refractivity contribution in [2.24, 2.45) is 0 Å². The summed E-state index contributed by atoms with van der Waals surface area (Å²) >= 11 is 0. The molecular weight excluding hydrogens is 639 g/mol. The van der Waals surface area contributed by atoms with Crippen molar-refractivity contribution in [2.45, 2.75) is 69.0 Å². The topological polar surface area (TPSA) is 136 Å². The molecule has 0 spiro atoms. The van der Waals surface area contributed by atoms with Gasteiger partial charge >= 0.3 is 0 Å². The first-order valence-corrected chi connectivity index (χ1v) is 19.2. The zero-order valence-corrected chi connectivity index (χ0v) is 30.0. The number of nitrogens with two attached hydrogens (primary N) is 1. The number of nitrogen functional groups attached to an aromatic ring is 1. The fraction of sp³-hybridized carbons (Fsp3) is 0.378. The summed E-state index contributed by atoms with van der Waals surface area (Å²) in [5, 5.41) is 11.9. The molecule has 4 atom stereocenters. The molecule has 4 unspecified atom stereocenters. The van der Waals surface area contributed by atoms with Gasteiger partial charge in [0, 0.05) is 0 Å². The fourth-order valence-electron chi connectivity index (χ4n) is 6.08. The second-order valence-corrected chi connectivity index (χ2v) is 18.6. The number of hydrogen-bond donors (Lipinski definition) is 2. The Morgan fingerprint density at radius 2 is 1.41 bits per heavy atom. The lowest BCUT2D eigenvalue weighted by atomic mass is 9.80. The van der Waals surface area contributed by atoms with Crippen molar-refractivity contribution in [2.75, 3.05) is 26.6 Å². The van der Waals surface area contributed by atoms with Crippen molar-refractivity contribution in [1.82, 2.24) is 19.5 Å². The lowest BCUT2D eigenvalue weighted by Crippen LogP contribution is -2.50. The molecule has 1 aliphatic heterocycles. The van der Waals surface area contributed by atoms with E-state index in [0.717, 1.165) is 28.2 Å². The van der Waals surface area contributed by atoms with Crippen LogP contribution in [0.3, 0.4) is 0 Å². The van der Waals surface area contributed by atoms with Gasteiger partial charge in [-0.05, 0) is 59.1 Å². The third-order valence-electron chi connectivity index (χ3n) is 9.85. The Morgan fingerprint density at radius 3 is 1.96 bits per heavy atom. The van der Waals surface area contributed by atoms with Crippen LogP contribution in [0.5, 0.6) is 11.5 Å². The molecule has 0 amide bonds. The van der Waals surface area contributed by atoms with Gasteiger partial charge in [0.2, 0.25) is 0 Å². The smallest absolute Gasteiger partial charge is 0.192 e. The van der Waals surface area contributed by atoms with Gasteiger partial charge in [-0.3, -0.25) is 4.57 Å². The summed E-state index contributed by atoms with van der Waals surface area (Å²) in [7, 11) is 0.875. The lowest BCUT2D eigenvalue weighted by molar-refractivity contribution is -0.0930. The van der Waals surface area contributed by atoms with E-state index < -0.39 is 38.5 Å². The minimum atomic E-state index is -2.41. The van der Waals surface area contributed by atoms with E-state index in [0.29, 0.717) is 11.2 Å². The molecule has 1 fully saturated rings. The number of aliphatic hydroxyl groups is 1. The van der Waals surface area contributed by atoms with Crippen LogP contribution in [-0.2, 0) is 19.5 Å². The molecule has 0 aliphatic carbocycles. The number of fused-ring (bicyclic) bond motifs is 1. The molecule has 3 aromatic carbocycles. The van der Waals surface area contributed by atoms with Crippen molar-refractivity contribution >= 4 is 25.3 Å². The minimum Gasteiger partial charge on any atom is -0.497 e. The Labute approximate surface area is 288 Å². The molecule has 3 N–H and O–H groups in total. The molecule has 1 saturated heterocycles. The first kappa shape index (κ1) is 34.5. The molecule has 3 heterocycles. The minimum absolute atomic E-state index is 0.0730. The highest BCUT2D eigenvalue weighted by atomic mass is 28.4. The summed E-state index contributed by atoms with van der Waals surface area (Å²) in [6.45, 7) is 10.9. The van der Waals surface area contributed by atoms with E-state index in [2.05, 4.69) is 48.8 Å². The van der Waals surface area contributed by atoms with E-state index in [9.17, 15) is 5.11 Å². The van der Waals surface area contributed by atoms with Gasteiger partial charge in [0.05, 0.1) is 27.2 Å². The summed E-state index contributed by atoms with van der Waals surface area (Å²) in [6.07, 6.45) is -0.383. The van der Waals surface area contributed by atoms with E-state index in [4.69, 9.17) is 29.1 Å². The molecule has 0 radical (unpaired) electrons. The van der Waals surface area contributed by atoms with Crippen molar-refractivity contribution in [3.63, 3.8) is 0 Å². The standard InChI is InChI=1S/C37H45N5O6Si/c1-36(2,3)49(6,7)48-32-29(47-35(31(32)43)42-23-41-30-33(38)39-22-40-34(30)42)21-46-37(24-11-9-8-10-12-24,25-13-17-27(44-4)18-14-25)26-15-19-28(45-5)20-16-26/h8-20,22-23,29,31-32,35,43H,21H2,1-7H3,(H2,38,39,40). The number of anilines is 1. The van der Waals surface area contributed by atoms with Crippen LogP contribution in [0.4, 0.5) is 5.82 Å². The maximum atomic E-state index is 12.0. The van der Waals surface area contributed by atoms with Gasteiger partial charge < -0.3 is 34.2 Å². The second-order valence-electron chi connectivity index (χ2n) is 13.8. The van der Waals surface area contributed by atoms with E-state index in [1.165, 1.54) is 6.33 Å². The summed E-state index contributed by atoms with van der Waals surface area (Å²) in [6, 6.07) is 25.8. The maximum absolute atomic E-state index is 12.0. The number of nitrogens with zero attached hydrogens (tertiary/aromatic N) is 4. The summed E-state index contributed by atoms with van der Waals surface area (Å²) in [5.74, 6) is 1.70. The number of benzene rings is 3. The summed E-state index contributed by atoms with van der Waals surface area (Å²) in [4.78, 5) is 12.9. The third kappa shape index (κ3) is 6.42. The largest absolute Gasteiger partial charge is 0.497 e. The number of aromatic nitrogens is 4. The molecule has 12 heteroatoms. The molecule has 5 aromatic rings. The number of rotatable bonds is 11. The van der Waals surface area contributed by atoms with Gasteiger partial charge in [-0.2, -0.15) is 0 Å². The molecule has 11 nitrogen and oxygen atoms in total.